The Morgan fingerprint density at radius 3 is 0.967 bits per heavy atom. The van der Waals surface area contributed by atoms with Crippen molar-refractivity contribution in [1.29, 1.82) is 0 Å². The summed E-state index contributed by atoms with van der Waals surface area (Å²) in [5, 5.41) is 0. The number of aldehydes is 1. The zero-order valence-electron chi connectivity index (χ0n) is 38.0. The topological polar surface area (TPSA) is 145 Å². The van der Waals surface area contributed by atoms with Gasteiger partial charge in [0.25, 0.3) is 0 Å². The van der Waals surface area contributed by atoms with E-state index in [4.69, 9.17) is 56.8 Å². The van der Waals surface area contributed by atoms with Crippen LogP contribution in [0.5, 0.6) is 5.75 Å². The second-order valence-corrected chi connectivity index (χ2v) is 14.6. The molecular weight excluding hydrogens is 789 g/mol. The maximum atomic E-state index is 11.9. The Balaban J connectivity index is 1.64. The molecule has 356 valence electrons. The quantitative estimate of drug-likeness (QED) is 0.0356. The van der Waals surface area contributed by atoms with E-state index in [2.05, 4.69) is 6.92 Å². The number of esters is 1. The van der Waals surface area contributed by atoms with Gasteiger partial charge in [-0.15, -0.1) is 0 Å². The van der Waals surface area contributed by atoms with Crippen LogP contribution in [0.15, 0.2) is 24.3 Å². The standard InChI is InChI=1S/C47H84O14/c1-2-3-4-5-6-7-8-9-10-11-12-13-14-15-16-17-47(49)61-43-41-59-39-37-57-35-33-55-31-29-53-27-25-51-23-22-50-24-26-52-28-30-54-32-34-56-36-38-58-40-42-60-46-20-18-45(44-48)19-21-46/h18-21,44H,2-17,22-43H2,1H3. The zero-order chi connectivity index (χ0) is 43.6. The van der Waals surface area contributed by atoms with Crippen LogP contribution >= 0.6 is 0 Å². The number of benzene rings is 1. The van der Waals surface area contributed by atoms with Crippen LogP contribution in [0.1, 0.15) is 120 Å². The van der Waals surface area contributed by atoms with Crippen LogP contribution in [0.2, 0.25) is 0 Å². The van der Waals surface area contributed by atoms with E-state index < -0.39 is 0 Å². The molecule has 1 aromatic carbocycles. The lowest BCUT2D eigenvalue weighted by Gasteiger charge is -2.09. The number of unbranched alkanes of at least 4 members (excludes halogenated alkanes) is 14. The van der Waals surface area contributed by atoms with Crippen molar-refractivity contribution >= 4 is 12.3 Å². The summed E-state index contributed by atoms with van der Waals surface area (Å²) in [7, 11) is 0. The van der Waals surface area contributed by atoms with Gasteiger partial charge >= 0.3 is 5.97 Å². The summed E-state index contributed by atoms with van der Waals surface area (Å²) in [6.45, 7) is 12.5. The molecule has 0 atom stereocenters. The monoisotopic (exact) mass is 873 g/mol. The lowest BCUT2D eigenvalue weighted by molar-refractivity contribution is -0.145. The number of rotatable bonds is 51. The molecule has 1 rings (SSSR count). The third kappa shape index (κ3) is 44.2. The first-order valence-electron chi connectivity index (χ1n) is 23.4. The number of ether oxygens (including phenoxy) is 12. The molecule has 0 heterocycles. The van der Waals surface area contributed by atoms with Gasteiger partial charge in [-0.1, -0.05) is 96.8 Å². The number of carbonyl (C=O) groups is 2. The van der Waals surface area contributed by atoms with Crippen molar-refractivity contribution in [2.45, 2.75) is 110 Å². The van der Waals surface area contributed by atoms with E-state index in [0.717, 1.165) is 19.1 Å². The molecule has 0 bridgehead atoms. The molecular formula is C47H84O14. The maximum Gasteiger partial charge on any atom is 0.305 e. The van der Waals surface area contributed by atoms with Crippen molar-refractivity contribution < 1.29 is 66.4 Å². The van der Waals surface area contributed by atoms with Crippen LogP contribution in [0.25, 0.3) is 0 Å². The summed E-state index contributed by atoms with van der Waals surface area (Å²) in [5.41, 5.74) is 0.616. The Labute approximate surface area is 368 Å². The number of hydrogen-bond donors (Lipinski definition) is 0. The van der Waals surface area contributed by atoms with Gasteiger partial charge < -0.3 is 56.8 Å². The Kier molecular flexibility index (Phi) is 45.4. The molecule has 0 unspecified atom stereocenters. The average molecular weight is 873 g/mol. The summed E-state index contributed by atoms with van der Waals surface area (Å²) in [6.07, 6.45) is 21.0. The number of hydrogen-bond acceptors (Lipinski definition) is 14. The Morgan fingerprint density at radius 2 is 0.656 bits per heavy atom. The van der Waals surface area contributed by atoms with Crippen LogP contribution < -0.4 is 4.74 Å². The molecule has 0 radical (unpaired) electrons. The van der Waals surface area contributed by atoms with Crippen molar-refractivity contribution in [3.8, 4) is 5.75 Å². The predicted octanol–water partition coefficient (Wildman–Crippen LogP) is 7.85. The second-order valence-electron chi connectivity index (χ2n) is 14.6. The summed E-state index contributed by atoms with van der Waals surface area (Å²) < 4.78 is 65.8. The fourth-order valence-corrected chi connectivity index (χ4v) is 5.87. The van der Waals surface area contributed by atoms with Gasteiger partial charge in [0.15, 0.2) is 0 Å². The van der Waals surface area contributed by atoms with Crippen LogP contribution in [-0.4, -0.2) is 158 Å². The molecule has 14 nitrogen and oxygen atoms in total. The molecule has 0 aromatic heterocycles. The molecule has 14 heteroatoms. The van der Waals surface area contributed by atoms with E-state index in [1.54, 1.807) is 24.3 Å². The van der Waals surface area contributed by atoms with E-state index >= 15 is 0 Å². The van der Waals surface area contributed by atoms with Gasteiger partial charge in [-0.25, -0.2) is 0 Å². The fraction of sp³-hybridized carbons (Fsp3) is 0.830. The Hall–Kier alpha value is -2.24. The molecule has 0 saturated heterocycles. The minimum Gasteiger partial charge on any atom is -0.491 e. The van der Waals surface area contributed by atoms with E-state index in [1.807, 2.05) is 0 Å². The highest BCUT2D eigenvalue weighted by Crippen LogP contribution is 2.14. The third-order valence-electron chi connectivity index (χ3n) is 9.34. The van der Waals surface area contributed by atoms with Gasteiger partial charge in [0.1, 0.15) is 25.2 Å². The molecule has 61 heavy (non-hydrogen) atoms. The van der Waals surface area contributed by atoms with Gasteiger partial charge in [-0.05, 0) is 30.7 Å². The minimum absolute atomic E-state index is 0.134. The highest BCUT2D eigenvalue weighted by molar-refractivity contribution is 5.74. The summed E-state index contributed by atoms with van der Waals surface area (Å²) in [5.74, 6) is 0.568. The van der Waals surface area contributed by atoms with Crippen LogP contribution in [0.4, 0.5) is 0 Å². The molecule has 1 aromatic rings. The molecule has 0 amide bonds. The molecule has 0 aliphatic heterocycles. The van der Waals surface area contributed by atoms with E-state index in [1.165, 1.54) is 83.5 Å². The van der Waals surface area contributed by atoms with Crippen molar-refractivity contribution in [2.75, 3.05) is 145 Å². The normalized spacial score (nSPS) is 11.4. The van der Waals surface area contributed by atoms with Crippen molar-refractivity contribution in [3.63, 3.8) is 0 Å². The lowest BCUT2D eigenvalue weighted by atomic mass is 10.0. The van der Waals surface area contributed by atoms with Crippen molar-refractivity contribution in [2.24, 2.45) is 0 Å². The molecule has 0 N–H and O–H groups in total. The first-order valence-corrected chi connectivity index (χ1v) is 23.4. The lowest BCUT2D eigenvalue weighted by Crippen LogP contribution is -2.15. The third-order valence-corrected chi connectivity index (χ3v) is 9.34. The van der Waals surface area contributed by atoms with E-state index in [-0.39, 0.29) is 12.6 Å². The van der Waals surface area contributed by atoms with Gasteiger partial charge in [-0.2, -0.15) is 0 Å². The molecule has 0 aliphatic carbocycles. The molecule has 0 spiro atoms. The summed E-state index contributed by atoms with van der Waals surface area (Å²) in [6, 6.07) is 6.94. The molecule has 0 saturated carbocycles. The summed E-state index contributed by atoms with van der Waals surface area (Å²) >= 11 is 0. The fourth-order valence-electron chi connectivity index (χ4n) is 5.87. The van der Waals surface area contributed by atoms with E-state index in [9.17, 15) is 9.59 Å². The highest BCUT2D eigenvalue weighted by atomic mass is 16.6. The van der Waals surface area contributed by atoms with Crippen LogP contribution in [0.3, 0.4) is 0 Å². The summed E-state index contributed by atoms with van der Waals surface area (Å²) in [4.78, 5) is 22.6. The molecule has 0 fully saturated rings. The average Bonchev–Trinajstić information content (AvgIpc) is 3.28. The van der Waals surface area contributed by atoms with Crippen LogP contribution in [-0.2, 0) is 56.9 Å². The SMILES string of the molecule is CCCCCCCCCCCCCCCCCC(=O)OCCOCCOCCOCCOCCOCCOCCOCCOCCOCCOCCOc1ccc(C=O)cc1. The number of carbonyl (C=O) groups excluding carboxylic acids is 2. The Bertz CT molecular complexity index is 1030. The zero-order valence-corrected chi connectivity index (χ0v) is 38.0. The smallest absolute Gasteiger partial charge is 0.305 e. The van der Waals surface area contributed by atoms with Gasteiger partial charge in [0.2, 0.25) is 0 Å². The highest BCUT2D eigenvalue weighted by Gasteiger charge is 2.03. The Morgan fingerprint density at radius 1 is 0.377 bits per heavy atom. The largest absolute Gasteiger partial charge is 0.491 e. The van der Waals surface area contributed by atoms with Crippen LogP contribution in [0, 0.1) is 0 Å². The van der Waals surface area contributed by atoms with Crippen molar-refractivity contribution in [1.82, 2.24) is 0 Å². The second kappa shape index (κ2) is 48.8. The molecule has 0 aliphatic rings. The van der Waals surface area contributed by atoms with Gasteiger partial charge in [0, 0.05) is 12.0 Å². The minimum atomic E-state index is -0.134. The van der Waals surface area contributed by atoms with E-state index in [0.29, 0.717) is 156 Å². The van der Waals surface area contributed by atoms with Gasteiger partial charge in [-0.3, -0.25) is 9.59 Å². The first-order chi connectivity index (χ1) is 30.3. The predicted molar refractivity (Wildman–Crippen MR) is 236 cm³/mol. The van der Waals surface area contributed by atoms with Crippen molar-refractivity contribution in [3.05, 3.63) is 29.8 Å². The van der Waals surface area contributed by atoms with Gasteiger partial charge in [0.05, 0.1) is 132 Å². The maximum absolute atomic E-state index is 11.9. The first kappa shape index (κ1) is 56.8.